The number of carbonyl (C=O) groups excluding carboxylic acids is 1. The Bertz CT molecular complexity index is 246. The first-order valence-electron chi connectivity index (χ1n) is 5.01. The number of aliphatic carboxylic acids is 1. The minimum atomic E-state index is -1.04. The third-order valence-electron chi connectivity index (χ3n) is 1.42. The lowest BCUT2D eigenvalue weighted by Crippen LogP contribution is -2.37. The van der Waals surface area contributed by atoms with Crippen LogP contribution in [0, 0.1) is 0 Å². The van der Waals surface area contributed by atoms with Gasteiger partial charge in [0.15, 0.2) is 0 Å². The van der Waals surface area contributed by atoms with Gasteiger partial charge in [-0.15, -0.1) is 0 Å². The van der Waals surface area contributed by atoms with Gasteiger partial charge in [0.25, 0.3) is 0 Å². The quantitative estimate of drug-likeness (QED) is 0.740. The van der Waals surface area contributed by atoms with Gasteiger partial charge in [-0.1, -0.05) is 0 Å². The van der Waals surface area contributed by atoms with Crippen molar-refractivity contribution in [2.24, 2.45) is 0 Å². The molecular formula is C10H19NO5. The van der Waals surface area contributed by atoms with Crippen molar-refractivity contribution in [2.45, 2.75) is 39.4 Å². The largest absolute Gasteiger partial charge is 0.480 e. The molecule has 0 aromatic rings. The van der Waals surface area contributed by atoms with E-state index < -0.39 is 17.7 Å². The van der Waals surface area contributed by atoms with Crippen molar-refractivity contribution < 1.29 is 24.2 Å². The van der Waals surface area contributed by atoms with Crippen LogP contribution in [0.25, 0.3) is 0 Å². The van der Waals surface area contributed by atoms with Crippen molar-refractivity contribution in [3.8, 4) is 0 Å². The Morgan fingerprint density at radius 1 is 1.38 bits per heavy atom. The van der Waals surface area contributed by atoms with Crippen molar-refractivity contribution in [1.29, 1.82) is 0 Å². The summed E-state index contributed by atoms with van der Waals surface area (Å²) in [7, 11) is 0. The van der Waals surface area contributed by atoms with Gasteiger partial charge in [0.05, 0.1) is 6.10 Å². The van der Waals surface area contributed by atoms with Gasteiger partial charge in [-0.2, -0.15) is 0 Å². The fourth-order valence-electron chi connectivity index (χ4n) is 0.814. The lowest BCUT2D eigenvalue weighted by molar-refractivity contribution is -0.143. The van der Waals surface area contributed by atoms with Crippen LogP contribution in [0.2, 0.25) is 0 Å². The van der Waals surface area contributed by atoms with Gasteiger partial charge in [0.1, 0.15) is 12.2 Å². The molecule has 0 rings (SSSR count). The van der Waals surface area contributed by atoms with E-state index >= 15 is 0 Å². The van der Waals surface area contributed by atoms with Gasteiger partial charge >= 0.3 is 12.1 Å². The summed E-state index contributed by atoms with van der Waals surface area (Å²) >= 11 is 0. The number of carboxylic acid groups (broad SMARTS) is 1. The Hall–Kier alpha value is -1.30. The van der Waals surface area contributed by atoms with Crippen LogP contribution >= 0.6 is 0 Å². The second kappa shape index (κ2) is 6.32. The van der Waals surface area contributed by atoms with E-state index in [1.165, 1.54) is 0 Å². The Labute approximate surface area is 94.9 Å². The summed E-state index contributed by atoms with van der Waals surface area (Å²) in [4.78, 5) is 21.4. The van der Waals surface area contributed by atoms with Crippen molar-refractivity contribution in [3.05, 3.63) is 0 Å². The van der Waals surface area contributed by atoms with Crippen molar-refractivity contribution in [2.75, 3.05) is 13.2 Å². The Balaban J connectivity index is 3.71. The highest BCUT2D eigenvalue weighted by molar-refractivity contribution is 5.68. The van der Waals surface area contributed by atoms with Crippen molar-refractivity contribution in [3.63, 3.8) is 0 Å². The van der Waals surface area contributed by atoms with Crippen LogP contribution in [0.5, 0.6) is 0 Å². The third-order valence-corrected chi connectivity index (χ3v) is 1.42. The normalized spacial score (nSPS) is 13.0. The number of hydrogen-bond acceptors (Lipinski definition) is 4. The molecule has 6 nitrogen and oxygen atoms in total. The molecule has 0 heterocycles. The zero-order valence-corrected chi connectivity index (χ0v) is 10.1. The zero-order valence-electron chi connectivity index (χ0n) is 10.1. The van der Waals surface area contributed by atoms with Gasteiger partial charge in [-0.25, -0.2) is 9.59 Å². The fourth-order valence-corrected chi connectivity index (χ4v) is 0.814. The maximum atomic E-state index is 11.2. The Morgan fingerprint density at radius 2 is 1.94 bits per heavy atom. The predicted octanol–water partition coefficient (Wildman–Crippen LogP) is 1.00. The van der Waals surface area contributed by atoms with E-state index in [0.717, 1.165) is 0 Å². The minimum absolute atomic E-state index is 0.211. The van der Waals surface area contributed by atoms with Crippen LogP contribution in [0.1, 0.15) is 27.7 Å². The second-order valence-electron chi connectivity index (χ2n) is 4.40. The molecule has 0 aliphatic heterocycles. The number of ether oxygens (including phenoxy) is 2. The number of carbonyl (C=O) groups is 2. The van der Waals surface area contributed by atoms with Gasteiger partial charge in [-0.05, 0) is 27.7 Å². The molecule has 0 unspecified atom stereocenters. The monoisotopic (exact) mass is 233 g/mol. The summed E-state index contributed by atoms with van der Waals surface area (Å²) < 4.78 is 9.91. The van der Waals surface area contributed by atoms with E-state index in [1.807, 2.05) is 0 Å². The lowest BCUT2D eigenvalue weighted by Gasteiger charge is -2.20. The molecule has 94 valence electrons. The van der Waals surface area contributed by atoms with E-state index in [2.05, 4.69) is 5.32 Å². The number of amides is 1. The molecule has 16 heavy (non-hydrogen) atoms. The number of hydrogen-bond donors (Lipinski definition) is 2. The van der Waals surface area contributed by atoms with Gasteiger partial charge in [-0.3, -0.25) is 0 Å². The van der Waals surface area contributed by atoms with Gasteiger partial charge in [0, 0.05) is 6.54 Å². The first kappa shape index (κ1) is 14.7. The van der Waals surface area contributed by atoms with E-state index in [4.69, 9.17) is 14.6 Å². The molecule has 0 fully saturated rings. The van der Waals surface area contributed by atoms with E-state index in [0.29, 0.717) is 0 Å². The van der Waals surface area contributed by atoms with Crippen LogP contribution in [0.4, 0.5) is 4.79 Å². The minimum Gasteiger partial charge on any atom is -0.480 e. The van der Waals surface area contributed by atoms with Crippen LogP contribution in [0.15, 0.2) is 0 Å². The summed E-state index contributed by atoms with van der Waals surface area (Å²) in [5.74, 6) is -1.04. The summed E-state index contributed by atoms with van der Waals surface area (Å²) in [5, 5.41) is 10.8. The van der Waals surface area contributed by atoms with Crippen LogP contribution in [-0.4, -0.2) is 42.0 Å². The van der Waals surface area contributed by atoms with E-state index in [9.17, 15) is 9.59 Å². The van der Waals surface area contributed by atoms with Crippen LogP contribution in [0.3, 0.4) is 0 Å². The highest BCUT2D eigenvalue weighted by Crippen LogP contribution is 2.06. The average Bonchev–Trinajstić information content (AvgIpc) is 2.08. The van der Waals surface area contributed by atoms with E-state index in [1.54, 1.807) is 27.7 Å². The average molecular weight is 233 g/mol. The molecule has 2 N–H and O–H groups in total. The molecule has 1 amide bonds. The smallest absolute Gasteiger partial charge is 0.407 e. The van der Waals surface area contributed by atoms with Gasteiger partial charge < -0.3 is 19.9 Å². The number of rotatable bonds is 5. The molecule has 0 aliphatic carbocycles. The standard InChI is InChI=1S/C10H19NO5/c1-7(15-6-8(12)13)5-11-9(14)16-10(2,3)4/h7H,5-6H2,1-4H3,(H,11,14)(H,12,13)/t7-/m0/s1. The molecule has 0 aromatic carbocycles. The molecular weight excluding hydrogens is 214 g/mol. The highest BCUT2D eigenvalue weighted by Gasteiger charge is 2.16. The Morgan fingerprint density at radius 3 is 2.38 bits per heavy atom. The van der Waals surface area contributed by atoms with Crippen molar-refractivity contribution >= 4 is 12.1 Å². The maximum Gasteiger partial charge on any atom is 0.407 e. The SMILES string of the molecule is C[C@@H](CNC(=O)OC(C)(C)C)OCC(=O)O. The molecule has 0 aliphatic rings. The molecule has 0 bridgehead atoms. The predicted molar refractivity (Wildman–Crippen MR) is 57.3 cm³/mol. The molecule has 0 radical (unpaired) electrons. The highest BCUT2D eigenvalue weighted by atomic mass is 16.6. The van der Waals surface area contributed by atoms with Crippen LogP contribution < -0.4 is 5.32 Å². The maximum absolute atomic E-state index is 11.2. The molecule has 0 spiro atoms. The van der Waals surface area contributed by atoms with Gasteiger partial charge in [0.2, 0.25) is 0 Å². The second-order valence-corrected chi connectivity index (χ2v) is 4.40. The molecule has 0 saturated carbocycles. The Kier molecular flexibility index (Phi) is 5.81. The third kappa shape index (κ3) is 9.26. The summed E-state index contributed by atoms with van der Waals surface area (Å²) in [6, 6.07) is 0. The fraction of sp³-hybridized carbons (Fsp3) is 0.800. The van der Waals surface area contributed by atoms with Crippen LogP contribution in [-0.2, 0) is 14.3 Å². The first-order chi connectivity index (χ1) is 7.20. The number of nitrogens with one attached hydrogen (secondary N) is 1. The first-order valence-corrected chi connectivity index (χ1v) is 5.01. The number of alkyl carbamates (subject to hydrolysis) is 1. The summed E-state index contributed by atoms with van der Waals surface area (Å²) in [6.07, 6.45) is -0.915. The molecule has 0 aromatic heterocycles. The summed E-state index contributed by atoms with van der Waals surface area (Å²) in [5.41, 5.74) is -0.546. The van der Waals surface area contributed by atoms with E-state index in [-0.39, 0.29) is 19.3 Å². The number of carboxylic acids is 1. The topological polar surface area (TPSA) is 84.9 Å². The van der Waals surface area contributed by atoms with Crippen molar-refractivity contribution in [1.82, 2.24) is 5.32 Å². The zero-order chi connectivity index (χ0) is 12.8. The molecule has 1 atom stereocenters. The summed E-state index contributed by atoms with van der Waals surface area (Å²) in [6.45, 7) is 6.78. The lowest BCUT2D eigenvalue weighted by atomic mass is 10.2. The molecule has 6 heteroatoms. The molecule has 0 saturated heterocycles.